The van der Waals surface area contributed by atoms with Crippen LogP contribution in [-0.2, 0) is 11.2 Å². The van der Waals surface area contributed by atoms with Gasteiger partial charge in [0, 0.05) is 23.1 Å². The van der Waals surface area contributed by atoms with Crippen molar-refractivity contribution in [2.24, 2.45) is 0 Å². The number of non-ortho nitro benzene ring substituents is 1. The summed E-state index contributed by atoms with van der Waals surface area (Å²) >= 11 is 1.11. The third-order valence-electron chi connectivity index (χ3n) is 2.44. The fourth-order valence-electron chi connectivity index (χ4n) is 1.50. The van der Waals surface area contributed by atoms with Crippen molar-refractivity contribution in [3.63, 3.8) is 0 Å². The molecule has 0 aliphatic carbocycles. The molecule has 0 atom stereocenters. The van der Waals surface area contributed by atoms with Gasteiger partial charge >= 0.3 is 5.97 Å². The normalized spacial score (nSPS) is 10.1. The number of nitro groups is 1. The number of thiazole rings is 1. The fourth-order valence-corrected chi connectivity index (χ4v) is 2.21. The molecule has 9 heteroatoms. The van der Waals surface area contributed by atoms with E-state index in [1.54, 1.807) is 5.38 Å². The van der Waals surface area contributed by atoms with Crippen LogP contribution in [0.5, 0.6) is 0 Å². The minimum Gasteiger partial charge on any atom is -0.481 e. The van der Waals surface area contributed by atoms with Crippen molar-refractivity contribution in [1.82, 2.24) is 4.98 Å². The summed E-state index contributed by atoms with van der Waals surface area (Å²) in [5, 5.41) is 23.5. The smallest absolute Gasteiger partial charge is 0.309 e. The van der Waals surface area contributed by atoms with Crippen LogP contribution in [0.2, 0.25) is 0 Å². The Morgan fingerprint density at radius 2 is 2.00 bits per heavy atom. The lowest BCUT2D eigenvalue weighted by molar-refractivity contribution is -0.384. The molecule has 2 aromatic rings. The van der Waals surface area contributed by atoms with Crippen LogP contribution in [0, 0.1) is 10.1 Å². The van der Waals surface area contributed by atoms with E-state index in [4.69, 9.17) is 5.11 Å². The molecule has 0 spiro atoms. The molecule has 0 bridgehead atoms. The summed E-state index contributed by atoms with van der Waals surface area (Å²) < 4.78 is 0. The van der Waals surface area contributed by atoms with E-state index in [0.717, 1.165) is 11.3 Å². The highest BCUT2D eigenvalue weighted by Gasteiger charge is 2.12. The zero-order valence-electron chi connectivity index (χ0n) is 10.5. The Balaban J connectivity index is 2.05. The number of rotatable bonds is 5. The molecular weight excluding hydrogens is 298 g/mol. The van der Waals surface area contributed by atoms with Crippen LogP contribution in [0.15, 0.2) is 29.6 Å². The van der Waals surface area contributed by atoms with Crippen molar-refractivity contribution < 1.29 is 19.6 Å². The average molecular weight is 307 g/mol. The number of amides is 1. The first-order valence-electron chi connectivity index (χ1n) is 5.67. The maximum Gasteiger partial charge on any atom is 0.309 e. The number of carboxylic acids is 1. The Kier molecular flexibility index (Phi) is 4.24. The molecule has 1 aromatic carbocycles. The lowest BCUT2D eigenvalue weighted by atomic mass is 10.2. The van der Waals surface area contributed by atoms with E-state index in [-0.39, 0.29) is 22.8 Å². The predicted octanol–water partition coefficient (Wildman–Crippen LogP) is 1.93. The molecule has 0 saturated heterocycles. The molecule has 0 radical (unpaired) electrons. The van der Waals surface area contributed by atoms with E-state index in [1.165, 1.54) is 24.3 Å². The number of hydrogen-bond acceptors (Lipinski definition) is 6. The molecule has 1 aromatic heterocycles. The lowest BCUT2D eigenvalue weighted by Crippen LogP contribution is -2.11. The van der Waals surface area contributed by atoms with Gasteiger partial charge in [0.2, 0.25) is 0 Å². The molecular formula is C12H9N3O5S. The molecule has 0 saturated carbocycles. The van der Waals surface area contributed by atoms with Gasteiger partial charge in [-0.3, -0.25) is 25.0 Å². The second-order valence-corrected chi connectivity index (χ2v) is 4.83. The predicted molar refractivity (Wildman–Crippen MR) is 74.5 cm³/mol. The topological polar surface area (TPSA) is 122 Å². The Morgan fingerprint density at radius 1 is 1.33 bits per heavy atom. The van der Waals surface area contributed by atoms with E-state index < -0.39 is 16.8 Å². The summed E-state index contributed by atoms with van der Waals surface area (Å²) in [7, 11) is 0. The summed E-state index contributed by atoms with van der Waals surface area (Å²) in [6.07, 6.45) is -0.218. The number of aromatic nitrogens is 1. The Labute approximate surface area is 122 Å². The maximum atomic E-state index is 11.9. The van der Waals surface area contributed by atoms with E-state index in [0.29, 0.717) is 5.69 Å². The average Bonchev–Trinajstić information content (AvgIpc) is 2.85. The van der Waals surface area contributed by atoms with Crippen LogP contribution in [0.1, 0.15) is 16.1 Å². The van der Waals surface area contributed by atoms with Crippen LogP contribution in [-0.4, -0.2) is 26.9 Å². The lowest BCUT2D eigenvalue weighted by Gasteiger charge is -2.01. The van der Waals surface area contributed by atoms with Crippen molar-refractivity contribution >= 4 is 34.0 Å². The minimum absolute atomic E-state index is 0.107. The number of anilines is 1. The van der Waals surface area contributed by atoms with Gasteiger partial charge in [-0.2, -0.15) is 0 Å². The van der Waals surface area contributed by atoms with Gasteiger partial charge < -0.3 is 5.11 Å². The van der Waals surface area contributed by atoms with Gasteiger partial charge in [-0.05, 0) is 12.1 Å². The third kappa shape index (κ3) is 3.83. The number of carbonyl (C=O) groups excluding carboxylic acids is 1. The largest absolute Gasteiger partial charge is 0.481 e. The number of aliphatic carboxylic acids is 1. The molecule has 1 amide bonds. The van der Waals surface area contributed by atoms with E-state index in [1.807, 2.05) is 0 Å². The summed E-state index contributed by atoms with van der Waals surface area (Å²) in [5.41, 5.74) is 0.492. The number of carboxylic acid groups (broad SMARTS) is 1. The molecule has 0 aliphatic rings. The van der Waals surface area contributed by atoms with Gasteiger partial charge in [0.15, 0.2) is 5.13 Å². The highest BCUT2D eigenvalue weighted by molar-refractivity contribution is 7.14. The van der Waals surface area contributed by atoms with Crippen molar-refractivity contribution in [2.45, 2.75) is 6.42 Å². The minimum atomic E-state index is -1.01. The highest BCUT2D eigenvalue weighted by Crippen LogP contribution is 2.18. The quantitative estimate of drug-likeness (QED) is 0.642. The number of nitrogens with zero attached hydrogens (tertiary/aromatic N) is 2. The van der Waals surface area contributed by atoms with Gasteiger partial charge in [-0.25, -0.2) is 4.98 Å². The summed E-state index contributed by atoms with van der Waals surface area (Å²) in [6, 6.07) is 5.12. The van der Waals surface area contributed by atoms with Crippen LogP contribution in [0.4, 0.5) is 10.8 Å². The maximum absolute atomic E-state index is 11.9. The van der Waals surface area contributed by atoms with Gasteiger partial charge in [0.05, 0.1) is 17.0 Å². The first kappa shape index (κ1) is 14.6. The molecule has 8 nitrogen and oxygen atoms in total. The number of nitro benzene ring substituents is 1. The summed E-state index contributed by atoms with van der Waals surface area (Å²) in [5.74, 6) is -1.48. The van der Waals surface area contributed by atoms with Crippen LogP contribution < -0.4 is 5.32 Å². The zero-order valence-corrected chi connectivity index (χ0v) is 11.3. The van der Waals surface area contributed by atoms with Gasteiger partial charge in [-0.15, -0.1) is 11.3 Å². The van der Waals surface area contributed by atoms with Crippen molar-refractivity contribution in [3.05, 3.63) is 51.0 Å². The number of benzene rings is 1. The molecule has 21 heavy (non-hydrogen) atoms. The summed E-state index contributed by atoms with van der Waals surface area (Å²) in [6.45, 7) is 0. The molecule has 0 fully saturated rings. The van der Waals surface area contributed by atoms with Crippen molar-refractivity contribution in [3.8, 4) is 0 Å². The van der Waals surface area contributed by atoms with Crippen molar-refractivity contribution in [2.75, 3.05) is 5.32 Å². The van der Waals surface area contributed by atoms with Crippen LogP contribution >= 0.6 is 11.3 Å². The van der Waals surface area contributed by atoms with Gasteiger partial charge in [0.1, 0.15) is 0 Å². The molecule has 1 heterocycles. The third-order valence-corrected chi connectivity index (χ3v) is 3.25. The van der Waals surface area contributed by atoms with Crippen molar-refractivity contribution in [1.29, 1.82) is 0 Å². The van der Waals surface area contributed by atoms with E-state index in [2.05, 4.69) is 10.3 Å². The van der Waals surface area contributed by atoms with E-state index >= 15 is 0 Å². The number of hydrogen-bond donors (Lipinski definition) is 2. The Hall–Kier alpha value is -2.81. The molecule has 0 unspecified atom stereocenters. The monoisotopic (exact) mass is 307 g/mol. The number of carbonyl (C=O) groups is 2. The number of nitrogens with one attached hydrogen (secondary N) is 1. The fraction of sp³-hybridized carbons (Fsp3) is 0.0833. The SMILES string of the molecule is O=C(O)Cc1csc(NC(=O)c2ccc([N+](=O)[O-])cc2)n1. The van der Waals surface area contributed by atoms with Gasteiger partial charge in [-0.1, -0.05) is 0 Å². The highest BCUT2D eigenvalue weighted by atomic mass is 32.1. The van der Waals surface area contributed by atoms with E-state index in [9.17, 15) is 19.7 Å². The van der Waals surface area contributed by atoms with Gasteiger partial charge in [0.25, 0.3) is 11.6 Å². The Bertz CT molecular complexity index is 695. The van der Waals surface area contributed by atoms with Crippen LogP contribution in [0.3, 0.4) is 0 Å². The zero-order chi connectivity index (χ0) is 15.4. The first-order valence-corrected chi connectivity index (χ1v) is 6.55. The Morgan fingerprint density at radius 3 is 2.57 bits per heavy atom. The molecule has 2 N–H and O–H groups in total. The standard InChI is InChI=1S/C12H9N3O5S/c16-10(17)5-8-6-21-12(13-8)14-11(18)7-1-3-9(4-2-7)15(19)20/h1-4,6H,5H2,(H,16,17)(H,13,14,18). The second-order valence-electron chi connectivity index (χ2n) is 3.97. The van der Waals surface area contributed by atoms with Crippen LogP contribution in [0.25, 0.3) is 0 Å². The molecule has 2 rings (SSSR count). The first-order chi connectivity index (χ1) is 9.95. The molecule has 108 valence electrons. The summed E-state index contributed by atoms with van der Waals surface area (Å²) in [4.78, 5) is 36.3. The second kappa shape index (κ2) is 6.09. The molecule has 0 aliphatic heterocycles.